The number of nitrogens with two attached hydrogens (primary N) is 1. The fourth-order valence-electron chi connectivity index (χ4n) is 1.50. The first kappa shape index (κ1) is 13.6. The molecule has 0 aliphatic carbocycles. The highest BCUT2D eigenvalue weighted by Gasteiger charge is 2.26. The molecule has 0 atom stereocenters. The normalized spacial score (nSPS) is 11.5. The van der Waals surface area contributed by atoms with Crippen LogP contribution < -0.4 is 5.73 Å². The van der Waals surface area contributed by atoms with Crippen molar-refractivity contribution in [1.29, 1.82) is 0 Å². The highest BCUT2D eigenvalue weighted by Crippen LogP contribution is 2.16. The van der Waals surface area contributed by atoms with Gasteiger partial charge in [0.1, 0.15) is 0 Å². The van der Waals surface area contributed by atoms with Crippen LogP contribution in [0.15, 0.2) is 0 Å². The van der Waals surface area contributed by atoms with E-state index in [-0.39, 0.29) is 17.1 Å². The SMILES string of the molecule is CCCN(CC(C)(C)CN)C(=O)c1nn[nH]n1. The van der Waals surface area contributed by atoms with Gasteiger partial charge in [-0.05, 0) is 23.6 Å². The maximum Gasteiger partial charge on any atom is 0.295 e. The summed E-state index contributed by atoms with van der Waals surface area (Å²) in [6, 6.07) is 0. The highest BCUT2D eigenvalue weighted by atomic mass is 16.2. The van der Waals surface area contributed by atoms with Gasteiger partial charge in [-0.15, -0.1) is 10.2 Å². The number of nitrogens with zero attached hydrogens (tertiary/aromatic N) is 4. The average Bonchev–Trinajstić information content (AvgIpc) is 2.81. The van der Waals surface area contributed by atoms with Gasteiger partial charge in [-0.25, -0.2) is 0 Å². The van der Waals surface area contributed by atoms with Crippen molar-refractivity contribution in [3.63, 3.8) is 0 Å². The molecular weight excluding hydrogens is 220 g/mol. The molecule has 3 N–H and O–H groups in total. The van der Waals surface area contributed by atoms with Crippen LogP contribution in [-0.2, 0) is 0 Å². The molecule has 0 saturated heterocycles. The molecule has 0 aliphatic rings. The van der Waals surface area contributed by atoms with Crippen molar-refractivity contribution >= 4 is 5.91 Å². The maximum atomic E-state index is 12.1. The molecule has 1 rings (SSSR count). The van der Waals surface area contributed by atoms with Crippen LogP contribution in [0.25, 0.3) is 0 Å². The largest absolute Gasteiger partial charge is 0.335 e. The van der Waals surface area contributed by atoms with Crippen LogP contribution in [0, 0.1) is 5.41 Å². The summed E-state index contributed by atoms with van der Waals surface area (Å²) in [4.78, 5) is 13.8. The van der Waals surface area contributed by atoms with E-state index in [9.17, 15) is 4.79 Å². The van der Waals surface area contributed by atoms with Crippen LogP contribution in [-0.4, -0.2) is 51.1 Å². The number of aromatic nitrogens is 4. The van der Waals surface area contributed by atoms with Gasteiger partial charge < -0.3 is 10.6 Å². The Labute approximate surface area is 101 Å². The van der Waals surface area contributed by atoms with Crippen LogP contribution in [0.2, 0.25) is 0 Å². The fraction of sp³-hybridized carbons (Fsp3) is 0.800. The lowest BCUT2D eigenvalue weighted by Crippen LogP contribution is -2.42. The van der Waals surface area contributed by atoms with Gasteiger partial charge in [-0.2, -0.15) is 5.21 Å². The monoisotopic (exact) mass is 240 g/mol. The van der Waals surface area contributed by atoms with Gasteiger partial charge in [-0.1, -0.05) is 20.8 Å². The summed E-state index contributed by atoms with van der Waals surface area (Å²) >= 11 is 0. The Hall–Kier alpha value is -1.50. The minimum Gasteiger partial charge on any atom is -0.335 e. The second-order valence-electron chi connectivity index (χ2n) is 4.83. The van der Waals surface area contributed by atoms with E-state index in [0.717, 1.165) is 6.42 Å². The predicted octanol–water partition coefficient (Wildman–Crippen LogP) is 0.0368. The van der Waals surface area contributed by atoms with Crippen molar-refractivity contribution < 1.29 is 4.79 Å². The molecule has 0 saturated carbocycles. The van der Waals surface area contributed by atoms with Gasteiger partial charge in [0, 0.05) is 13.1 Å². The third-order valence-electron chi connectivity index (χ3n) is 2.49. The molecule has 0 fully saturated rings. The van der Waals surface area contributed by atoms with Gasteiger partial charge >= 0.3 is 0 Å². The fourth-order valence-corrected chi connectivity index (χ4v) is 1.50. The molecule has 17 heavy (non-hydrogen) atoms. The molecule has 7 nitrogen and oxygen atoms in total. The number of aromatic amines is 1. The lowest BCUT2D eigenvalue weighted by atomic mass is 9.93. The lowest BCUT2D eigenvalue weighted by Gasteiger charge is -2.30. The molecule has 0 spiro atoms. The Kier molecular flexibility index (Phi) is 4.56. The topological polar surface area (TPSA) is 101 Å². The number of H-pyrrole nitrogens is 1. The number of carbonyl (C=O) groups excluding carboxylic acids is 1. The number of rotatable bonds is 6. The van der Waals surface area contributed by atoms with Crippen LogP contribution in [0.5, 0.6) is 0 Å². The molecule has 0 radical (unpaired) electrons. The van der Waals surface area contributed by atoms with E-state index in [2.05, 4.69) is 20.6 Å². The maximum absolute atomic E-state index is 12.1. The molecular formula is C10H20N6O. The first-order chi connectivity index (χ1) is 8.00. The van der Waals surface area contributed by atoms with Crippen LogP contribution in [0.3, 0.4) is 0 Å². The standard InChI is InChI=1S/C10H20N6O/c1-4-5-16(7-10(2,3)6-11)9(17)8-12-14-15-13-8/h4-7,11H2,1-3H3,(H,12,13,14,15). The summed E-state index contributed by atoms with van der Waals surface area (Å²) in [5.74, 6) is -0.103. The Balaban J connectivity index is 2.75. The van der Waals surface area contributed by atoms with Crippen LogP contribution in [0.1, 0.15) is 37.8 Å². The molecule has 1 aromatic rings. The average molecular weight is 240 g/mol. The number of nitrogens with one attached hydrogen (secondary N) is 1. The van der Waals surface area contributed by atoms with Gasteiger partial charge in [0.05, 0.1) is 0 Å². The van der Waals surface area contributed by atoms with E-state index >= 15 is 0 Å². The quantitative estimate of drug-likeness (QED) is 0.731. The molecule has 7 heteroatoms. The molecule has 1 heterocycles. The van der Waals surface area contributed by atoms with Gasteiger partial charge in [0.2, 0.25) is 0 Å². The van der Waals surface area contributed by atoms with E-state index in [0.29, 0.717) is 19.6 Å². The van der Waals surface area contributed by atoms with E-state index in [4.69, 9.17) is 5.73 Å². The van der Waals surface area contributed by atoms with Crippen molar-refractivity contribution in [3.8, 4) is 0 Å². The molecule has 0 aromatic carbocycles. The van der Waals surface area contributed by atoms with Crippen molar-refractivity contribution in [3.05, 3.63) is 5.82 Å². The van der Waals surface area contributed by atoms with Crippen LogP contribution in [0.4, 0.5) is 0 Å². The number of hydrogen-bond acceptors (Lipinski definition) is 5. The zero-order valence-electron chi connectivity index (χ0n) is 10.6. The van der Waals surface area contributed by atoms with Crippen molar-refractivity contribution in [2.75, 3.05) is 19.6 Å². The smallest absolute Gasteiger partial charge is 0.295 e. The van der Waals surface area contributed by atoms with E-state index in [1.807, 2.05) is 20.8 Å². The number of hydrogen-bond donors (Lipinski definition) is 2. The predicted molar refractivity (Wildman–Crippen MR) is 63.2 cm³/mol. The lowest BCUT2D eigenvalue weighted by molar-refractivity contribution is 0.0677. The van der Waals surface area contributed by atoms with Crippen molar-refractivity contribution in [1.82, 2.24) is 25.5 Å². The van der Waals surface area contributed by atoms with Crippen molar-refractivity contribution in [2.24, 2.45) is 11.1 Å². The first-order valence-electron chi connectivity index (χ1n) is 5.73. The Morgan fingerprint density at radius 1 is 1.53 bits per heavy atom. The number of carbonyl (C=O) groups is 1. The zero-order chi connectivity index (χ0) is 12.9. The van der Waals surface area contributed by atoms with Crippen LogP contribution >= 0.6 is 0 Å². The zero-order valence-corrected chi connectivity index (χ0v) is 10.6. The number of tetrazole rings is 1. The summed E-state index contributed by atoms with van der Waals surface area (Å²) in [6.45, 7) is 7.85. The summed E-state index contributed by atoms with van der Waals surface area (Å²) in [5, 5.41) is 13.1. The third kappa shape index (κ3) is 3.77. The highest BCUT2D eigenvalue weighted by molar-refractivity contribution is 5.90. The first-order valence-corrected chi connectivity index (χ1v) is 5.73. The molecule has 1 aromatic heterocycles. The molecule has 96 valence electrons. The van der Waals surface area contributed by atoms with E-state index < -0.39 is 0 Å². The number of amides is 1. The Morgan fingerprint density at radius 3 is 2.71 bits per heavy atom. The molecule has 0 aliphatic heterocycles. The minimum atomic E-state index is -0.206. The van der Waals surface area contributed by atoms with Gasteiger partial charge in [-0.3, -0.25) is 4.79 Å². The molecule has 0 bridgehead atoms. The second kappa shape index (κ2) is 5.72. The summed E-state index contributed by atoms with van der Waals surface area (Å²) in [7, 11) is 0. The molecule has 0 unspecified atom stereocenters. The summed E-state index contributed by atoms with van der Waals surface area (Å²) < 4.78 is 0. The van der Waals surface area contributed by atoms with E-state index in [1.165, 1.54) is 0 Å². The summed E-state index contributed by atoms with van der Waals surface area (Å²) in [5.41, 5.74) is 5.57. The van der Waals surface area contributed by atoms with Gasteiger partial charge in [0.25, 0.3) is 11.7 Å². The van der Waals surface area contributed by atoms with Gasteiger partial charge in [0.15, 0.2) is 0 Å². The Morgan fingerprint density at radius 2 is 2.24 bits per heavy atom. The minimum absolute atomic E-state index is 0.103. The second-order valence-corrected chi connectivity index (χ2v) is 4.83. The third-order valence-corrected chi connectivity index (χ3v) is 2.49. The molecule has 1 amide bonds. The van der Waals surface area contributed by atoms with E-state index in [1.54, 1.807) is 4.90 Å². The van der Waals surface area contributed by atoms with Crippen molar-refractivity contribution in [2.45, 2.75) is 27.2 Å². The Bertz CT molecular complexity index is 348. The summed E-state index contributed by atoms with van der Waals surface area (Å²) in [6.07, 6.45) is 0.879.